The Morgan fingerprint density at radius 1 is 1.06 bits per heavy atom. The van der Waals surface area contributed by atoms with E-state index in [0.29, 0.717) is 16.9 Å². The molecular weight excluding hydrogens is 450 g/mol. The first kappa shape index (κ1) is 23.1. The molecule has 1 fully saturated rings. The molecule has 2 amide bonds. The second kappa shape index (κ2) is 9.07. The van der Waals surface area contributed by atoms with Crippen molar-refractivity contribution >= 4 is 46.9 Å². The van der Waals surface area contributed by atoms with Gasteiger partial charge in [-0.25, -0.2) is 4.79 Å². The van der Waals surface area contributed by atoms with Gasteiger partial charge >= 0.3 is 5.97 Å². The molecule has 0 bridgehead atoms. The molecule has 0 radical (unpaired) electrons. The zero-order valence-electron chi connectivity index (χ0n) is 19.0. The maximum Gasteiger partial charge on any atom is 0.335 e. The van der Waals surface area contributed by atoms with Crippen molar-refractivity contribution in [1.82, 2.24) is 9.88 Å². The fraction of sp³-hybridized carbons (Fsp3) is 0.154. The lowest BCUT2D eigenvalue weighted by Gasteiger charge is -2.29. The zero-order chi connectivity index (χ0) is 24.6. The number of thiocarbonyl (C=S) groups is 1. The second-order valence-electron chi connectivity index (χ2n) is 8.00. The average Bonchev–Trinajstić information content (AvgIpc) is 3.09. The molecule has 0 atom stereocenters. The molecular formula is C26H23N3O4S. The molecule has 0 unspecified atom stereocenters. The number of hydrogen-bond acceptors (Lipinski definition) is 4. The van der Waals surface area contributed by atoms with Crippen molar-refractivity contribution in [2.24, 2.45) is 0 Å². The Kier molecular flexibility index (Phi) is 6.17. The number of carboxylic acid groups (broad SMARTS) is 1. The van der Waals surface area contributed by atoms with E-state index in [1.807, 2.05) is 49.6 Å². The van der Waals surface area contributed by atoms with Crippen LogP contribution in [0.4, 0.5) is 5.69 Å². The Hall–Kier alpha value is -4.04. The van der Waals surface area contributed by atoms with Crippen LogP contribution in [0.25, 0.3) is 11.8 Å². The number of aromatic nitrogens is 1. The van der Waals surface area contributed by atoms with Crippen LogP contribution < -0.4 is 10.2 Å². The molecule has 2 N–H and O–H groups in total. The molecule has 1 saturated heterocycles. The minimum Gasteiger partial charge on any atom is -0.478 e. The van der Waals surface area contributed by atoms with Crippen LogP contribution in [-0.4, -0.2) is 32.6 Å². The fourth-order valence-corrected chi connectivity index (χ4v) is 4.32. The van der Waals surface area contributed by atoms with Crippen molar-refractivity contribution in [1.29, 1.82) is 0 Å². The highest BCUT2D eigenvalue weighted by molar-refractivity contribution is 7.80. The average molecular weight is 474 g/mol. The van der Waals surface area contributed by atoms with E-state index in [4.69, 9.17) is 12.2 Å². The summed E-state index contributed by atoms with van der Waals surface area (Å²) >= 11 is 5.28. The summed E-state index contributed by atoms with van der Waals surface area (Å²) in [4.78, 5) is 38.7. The summed E-state index contributed by atoms with van der Waals surface area (Å²) in [5.74, 6) is -2.08. The molecule has 34 heavy (non-hydrogen) atoms. The van der Waals surface area contributed by atoms with Gasteiger partial charge < -0.3 is 9.67 Å². The van der Waals surface area contributed by atoms with Crippen LogP contribution in [0, 0.1) is 13.8 Å². The summed E-state index contributed by atoms with van der Waals surface area (Å²) < 4.78 is 1.88. The van der Waals surface area contributed by atoms with E-state index >= 15 is 0 Å². The van der Waals surface area contributed by atoms with Crippen molar-refractivity contribution in [3.8, 4) is 5.69 Å². The molecule has 172 valence electrons. The SMILES string of the molecule is CCc1ccc(N2C(=O)/C(=C/c3cc(C)n(-c4cccc(C(=O)O)c4)c3C)C(=O)NC2=S)cc1. The number of nitrogens with one attached hydrogen (secondary N) is 1. The smallest absolute Gasteiger partial charge is 0.335 e. The summed E-state index contributed by atoms with van der Waals surface area (Å²) in [7, 11) is 0. The van der Waals surface area contributed by atoms with Crippen LogP contribution in [0.1, 0.15) is 39.8 Å². The van der Waals surface area contributed by atoms with Gasteiger partial charge in [-0.3, -0.25) is 19.8 Å². The lowest BCUT2D eigenvalue weighted by molar-refractivity contribution is -0.122. The highest BCUT2D eigenvalue weighted by atomic mass is 32.1. The van der Waals surface area contributed by atoms with Crippen LogP contribution in [0.2, 0.25) is 0 Å². The number of rotatable bonds is 5. The minimum atomic E-state index is -1.01. The normalized spacial score (nSPS) is 15.1. The van der Waals surface area contributed by atoms with Gasteiger partial charge in [0.25, 0.3) is 11.8 Å². The maximum absolute atomic E-state index is 13.3. The lowest BCUT2D eigenvalue weighted by atomic mass is 10.1. The minimum absolute atomic E-state index is 0.0345. The third kappa shape index (κ3) is 4.15. The third-order valence-electron chi connectivity index (χ3n) is 5.83. The highest BCUT2D eigenvalue weighted by Crippen LogP contribution is 2.26. The number of benzene rings is 2. The molecule has 0 spiro atoms. The van der Waals surface area contributed by atoms with Crippen LogP contribution in [0.15, 0.2) is 60.2 Å². The number of hydrogen-bond donors (Lipinski definition) is 2. The monoisotopic (exact) mass is 473 g/mol. The number of aromatic carboxylic acids is 1. The number of carbonyl (C=O) groups excluding carboxylic acids is 2. The van der Waals surface area contributed by atoms with E-state index in [9.17, 15) is 19.5 Å². The number of carboxylic acids is 1. The predicted octanol–water partition coefficient (Wildman–Crippen LogP) is 4.19. The van der Waals surface area contributed by atoms with Gasteiger partial charge in [-0.15, -0.1) is 0 Å². The Morgan fingerprint density at radius 3 is 2.41 bits per heavy atom. The zero-order valence-corrected chi connectivity index (χ0v) is 19.8. The first-order chi connectivity index (χ1) is 16.2. The van der Waals surface area contributed by atoms with Crippen molar-refractivity contribution < 1.29 is 19.5 Å². The molecule has 7 nitrogen and oxygen atoms in total. The summed E-state index contributed by atoms with van der Waals surface area (Å²) in [6.07, 6.45) is 2.41. The van der Waals surface area contributed by atoms with Crippen LogP contribution >= 0.6 is 12.2 Å². The van der Waals surface area contributed by atoms with Crippen LogP contribution in [0.3, 0.4) is 0 Å². The van der Waals surface area contributed by atoms with E-state index < -0.39 is 17.8 Å². The summed E-state index contributed by atoms with van der Waals surface area (Å²) in [5.41, 5.74) is 4.78. The quantitative estimate of drug-likeness (QED) is 0.329. The number of amides is 2. The van der Waals surface area contributed by atoms with Gasteiger partial charge in [-0.05, 0) is 86.1 Å². The van der Waals surface area contributed by atoms with E-state index in [1.54, 1.807) is 30.3 Å². The highest BCUT2D eigenvalue weighted by Gasteiger charge is 2.34. The largest absolute Gasteiger partial charge is 0.478 e. The maximum atomic E-state index is 13.3. The number of anilines is 1. The van der Waals surface area contributed by atoms with E-state index in [-0.39, 0.29) is 16.2 Å². The Morgan fingerprint density at radius 2 is 1.76 bits per heavy atom. The Labute approximate surface area is 202 Å². The second-order valence-corrected chi connectivity index (χ2v) is 8.38. The number of nitrogens with zero attached hydrogens (tertiary/aromatic N) is 2. The third-order valence-corrected chi connectivity index (χ3v) is 6.11. The van der Waals surface area contributed by atoms with E-state index in [0.717, 1.165) is 23.4 Å². The number of carbonyl (C=O) groups is 3. The molecule has 0 aliphatic carbocycles. The fourth-order valence-electron chi connectivity index (χ4n) is 4.04. The molecule has 1 aliphatic heterocycles. The van der Waals surface area contributed by atoms with Crippen LogP contribution in [0.5, 0.6) is 0 Å². The first-order valence-corrected chi connectivity index (χ1v) is 11.1. The van der Waals surface area contributed by atoms with E-state index in [1.165, 1.54) is 11.0 Å². The van der Waals surface area contributed by atoms with Gasteiger partial charge in [0.1, 0.15) is 5.57 Å². The van der Waals surface area contributed by atoms with Crippen molar-refractivity contribution in [3.05, 3.63) is 88.2 Å². The Balaban J connectivity index is 1.74. The molecule has 2 aromatic carbocycles. The molecule has 8 heteroatoms. The summed E-state index contributed by atoms with van der Waals surface area (Å²) in [6, 6.07) is 15.9. The predicted molar refractivity (Wildman–Crippen MR) is 134 cm³/mol. The van der Waals surface area contributed by atoms with E-state index in [2.05, 4.69) is 5.32 Å². The molecule has 4 rings (SSSR count). The standard InChI is InChI=1S/C26H23N3O4S/c1-4-17-8-10-20(11-9-17)29-24(31)22(23(30)27-26(29)34)14-19-12-15(2)28(16(19)3)21-7-5-6-18(13-21)25(32)33/h5-14H,4H2,1-3H3,(H,32,33)(H,27,30,34)/b22-14+. The van der Waals surface area contributed by atoms with Crippen molar-refractivity contribution in [2.75, 3.05) is 4.90 Å². The topological polar surface area (TPSA) is 91.6 Å². The van der Waals surface area contributed by atoms with Gasteiger partial charge in [0, 0.05) is 17.1 Å². The molecule has 3 aromatic rings. The van der Waals surface area contributed by atoms with Gasteiger partial charge in [0.2, 0.25) is 0 Å². The van der Waals surface area contributed by atoms with Gasteiger partial charge in [-0.2, -0.15) is 0 Å². The molecule has 1 aromatic heterocycles. The molecule has 1 aliphatic rings. The molecule has 0 saturated carbocycles. The molecule has 2 heterocycles. The van der Waals surface area contributed by atoms with Crippen LogP contribution in [-0.2, 0) is 16.0 Å². The van der Waals surface area contributed by atoms with Crippen molar-refractivity contribution in [2.45, 2.75) is 27.2 Å². The Bertz CT molecular complexity index is 1370. The van der Waals surface area contributed by atoms with Crippen molar-refractivity contribution in [3.63, 3.8) is 0 Å². The van der Waals surface area contributed by atoms with Gasteiger partial charge in [0.05, 0.1) is 11.3 Å². The number of aryl methyl sites for hydroxylation is 2. The van der Waals surface area contributed by atoms with Gasteiger partial charge in [-0.1, -0.05) is 25.1 Å². The first-order valence-electron chi connectivity index (χ1n) is 10.7. The van der Waals surface area contributed by atoms with Gasteiger partial charge in [0.15, 0.2) is 5.11 Å². The summed E-state index contributed by atoms with van der Waals surface area (Å²) in [6.45, 7) is 5.77. The lowest BCUT2D eigenvalue weighted by Crippen LogP contribution is -2.54. The summed E-state index contributed by atoms with van der Waals surface area (Å²) in [5, 5.41) is 12.0.